The van der Waals surface area contributed by atoms with E-state index in [4.69, 9.17) is 10.8 Å². The summed E-state index contributed by atoms with van der Waals surface area (Å²) in [4.78, 5) is 13.4. The number of hydrogen-bond acceptors (Lipinski definition) is 3. The van der Waals surface area contributed by atoms with Crippen LogP contribution in [-0.4, -0.2) is 42.2 Å². The molecule has 0 aromatic carbocycles. The summed E-state index contributed by atoms with van der Waals surface area (Å²) >= 11 is 0. The van der Waals surface area contributed by atoms with E-state index >= 15 is 0 Å². The third-order valence-electron chi connectivity index (χ3n) is 2.53. The van der Waals surface area contributed by atoms with E-state index < -0.39 is 6.04 Å². The minimum atomic E-state index is -0.396. The van der Waals surface area contributed by atoms with Crippen LogP contribution in [0.5, 0.6) is 0 Å². The van der Waals surface area contributed by atoms with E-state index in [1.165, 1.54) is 0 Å². The van der Waals surface area contributed by atoms with Crippen LogP contribution in [0.25, 0.3) is 0 Å². The summed E-state index contributed by atoms with van der Waals surface area (Å²) in [6.07, 6.45) is 2.68. The lowest BCUT2D eigenvalue weighted by Crippen LogP contribution is -2.45. The number of likely N-dealkylation sites (N-methyl/N-ethyl adjacent to an activating group) is 1. The van der Waals surface area contributed by atoms with Crippen molar-refractivity contribution >= 4 is 5.91 Å². The molecule has 0 aliphatic heterocycles. The highest BCUT2D eigenvalue weighted by Crippen LogP contribution is 2.04. The van der Waals surface area contributed by atoms with Gasteiger partial charge in [0.05, 0.1) is 6.04 Å². The van der Waals surface area contributed by atoms with Gasteiger partial charge in [-0.25, -0.2) is 0 Å². The predicted molar refractivity (Wildman–Crippen MR) is 61.4 cm³/mol. The molecule has 0 radical (unpaired) electrons. The first-order valence-corrected chi connectivity index (χ1v) is 5.62. The largest absolute Gasteiger partial charge is 0.396 e. The lowest BCUT2D eigenvalue weighted by atomic mass is 10.0. The number of amides is 1. The van der Waals surface area contributed by atoms with Crippen LogP contribution < -0.4 is 5.73 Å². The van der Waals surface area contributed by atoms with E-state index in [1.807, 2.05) is 13.8 Å². The first-order chi connectivity index (χ1) is 7.00. The van der Waals surface area contributed by atoms with Crippen LogP contribution >= 0.6 is 0 Å². The minimum Gasteiger partial charge on any atom is -0.396 e. The fourth-order valence-corrected chi connectivity index (χ4v) is 1.29. The van der Waals surface area contributed by atoms with Gasteiger partial charge in [0.2, 0.25) is 5.91 Å². The zero-order chi connectivity index (χ0) is 11.8. The lowest BCUT2D eigenvalue weighted by molar-refractivity contribution is -0.132. The Kier molecular flexibility index (Phi) is 7.34. The molecule has 0 saturated heterocycles. The number of nitrogens with two attached hydrogens (primary N) is 1. The van der Waals surface area contributed by atoms with Gasteiger partial charge in [0.15, 0.2) is 0 Å². The molecule has 4 nitrogen and oxygen atoms in total. The van der Waals surface area contributed by atoms with Crippen LogP contribution in [0.15, 0.2) is 0 Å². The second-order valence-corrected chi connectivity index (χ2v) is 4.31. The van der Waals surface area contributed by atoms with Crippen LogP contribution in [-0.2, 0) is 4.79 Å². The molecule has 0 aliphatic rings. The van der Waals surface area contributed by atoms with Crippen LogP contribution in [0.4, 0.5) is 0 Å². The fourth-order valence-electron chi connectivity index (χ4n) is 1.29. The zero-order valence-electron chi connectivity index (χ0n) is 10.1. The summed E-state index contributed by atoms with van der Waals surface area (Å²) in [5.41, 5.74) is 5.76. The Bertz CT molecular complexity index is 183. The fraction of sp³-hybridized carbons (Fsp3) is 0.909. The van der Waals surface area contributed by atoms with Gasteiger partial charge in [-0.05, 0) is 25.2 Å². The molecule has 0 fully saturated rings. The highest BCUT2D eigenvalue weighted by molar-refractivity contribution is 5.81. The first-order valence-electron chi connectivity index (χ1n) is 5.62. The molecule has 90 valence electrons. The van der Waals surface area contributed by atoms with Crippen molar-refractivity contribution in [1.29, 1.82) is 0 Å². The molecule has 15 heavy (non-hydrogen) atoms. The monoisotopic (exact) mass is 216 g/mol. The number of aliphatic hydroxyl groups excluding tert-OH is 1. The molecule has 0 rings (SSSR count). The minimum absolute atomic E-state index is 0.00833. The molecule has 0 bridgehead atoms. The van der Waals surface area contributed by atoms with Crippen molar-refractivity contribution < 1.29 is 9.90 Å². The van der Waals surface area contributed by atoms with Crippen molar-refractivity contribution in [2.45, 2.75) is 39.2 Å². The van der Waals surface area contributed by atoms with Crippen LogP contribution in [0, 0.1) is 5.92 Å². The Morgan fingerprint density at radius 2 is 1.93 bits per heavy atom. The summed E-state index contributed by atoms with van der Waals surface area (Å²) in [6.45, 7) is 4.84. The van der Waals surface area contributed by atoms with E-state index in [0.717, 1.165) is 25.8 Å². The highest BCUT2D eigenvalue weighted by atomic mass is 16.2. The molecular weight excluding hydrogens is 192 g/mol. The number of aliphatic hydroxyl groups is 1. The molecule has 0 aromatic rings. The quantitative estimate of drug-likeness (QED) is 0.612. The number of carbonyl (C=O) groups excluding carboxylic acids is 1. The number of unbranched alkanes of at least 4 members (excludes halogenated alkanes) is 2. The third-order valence-corrected chi connectivity index (χ3v) is 2.53. The van der Waals surface area contributed by atoms with Gasteiger partial charge in [0.25, 0.3) is 0 Å². The molecule has 4 heteroatoms. The Morgan fingerprint density at radius 1 is 1.33 bits per heavy atom. The van der Waals surface area contributed by atoms with Gasteiger partial charge >= 0.3 is 0 Å². The Hall–Kier alpha value is -0.610. The number of carbonyl (C=O) groups is 1. The maximum Gasteiger partial charge on any atom is 0.239 e. The molecule has 0 aromatic heterocycles. The van der Waals surface area contributed by atoms with Crippen LogP contribution in [0.3, 0.4) is 0 Å². The maximum atomic E-state index is 11.7. The Balaban J connectivity index is 3.78. The molecule has 1 atom stereocenters. The van der Waals surface area contributed by atoms with Gasteiger partial charge in [0.1, 0.15) is 0 Å². The number of nitrogens with zero attached hydrogens (tertiary/aromatic N) is 1. The van der Waals surface area contributed by atoms with Crippen molar-refractivity contribution in [3.63, 3.8) is 0 Å². The molecule has 0 aliphatic carbocycles. The first kappa shape index (κ1) is 14.4. The van der Waals surface area contributed by atoms with Crippen molar-refractivity contribution in [2.24, 2.45) is 11.7 Å². The van der Waals surface area contributed by atoms with Gasteiger partial charge < -0.3 is 15.7 Å². The second-order valence-electron chi connectivity index (χ2n) is 4.31. The topological polar surface area (TPSA) is 66.6 Å². The molecule has 0 unspecified atom stereocenters. The average molecular weight is 216 g/mol. The SMILES string of the molecule is CC(C)[C@@H](N)C(=O)N(C)CCCCCO. The smallest absolute Gasteiger partial charge is 0.239 e. The average Bonchev–Trinajstić information content (AvgIpc) is 2.21. The highest BCUT2D eigenvalue weighted by Gasteiger charge is 2.20. The normalized spacial score (nSPS) is 12.9. The molecule has 3 N–H and O–H groups in total. The zero-order valence-corrected chi connectivity index (χ0v) is 10.1. The standard InChI is InChI=1S/C11H24N2O2/c1-9(2)10(12)11(15)13(3)7-5-4-6-8-14/h9-10,14H,4-8,12H2,1-3H3/t10-/m1/s1. The number of hydrogen-bond donors (Lipinski definition) is 2. The molecule has 1 amide bonds. The van der Waals surface area contributed by atoms with E-state index in [9.17, 15) is 4.79 Å². The summed E-state index contributed by atoms with van der Waals surface area (Å²) in [7, 11) is 1.78. The van der Waals surface area contributed by atoms with Crippen molar-refractivity contribution in [3.05, 3.63) is 0 Å². The maximum absolute atomic E-state index is 11.7. The van der Waals surface area contributed by atoms with E-state index in [0.29, 0.717) is 0 Å². The van der Waals surface area contributed by atoms with E-state index in [1.54, 1.807) is 11.9 Å². The van der Waals surface area contributed by atoms with Crippen molar-refractivity contribution in [2.75, 3.05) is 20.2 Å². The molecule has 0 spiro atoms. The van der Waals surface area contributed by atoms with Crippen LogP contribution in [0.2, 0.25) is 0 Å². The number of rotatable bonds is 7. The van der Waals surface area contributed by atoms with E-state index in [-0.39, 0.29) is 18.4 Å². The summed E-state index contributed by atoms with van der Waals surface area (Å²) < 4.78 is 0. The van der Waals surface area contributed by atoms with Crippen molar-refractivity contribution in [1.82, 2.24) is 4.90 Å². The Labute approximate surface area is 92.4 Å². The predicted octanol–water partition coefficient (Wildman–Crippen LogP) is 0.591. The van der Waals surface area contributed by atoms with Gasteiger partial charge in [-0.1, -0.05) is 13.8 Å². The Morgan fingerprint density at radius 3 is 2.40 bits per heavy atom. The van der Waals surface area contributed by atoms with Gasteiger partial charge in [0, 0.05) is 20.2 Å². The van der Waals surface area contributed by atoms with E-state index in [2.05, 4.69) is 0 Å². The van der Waals surface area contributed by atoms with Gasteiger partial charge in [-0.15, -0.1) is 0 Å². The van der Waals surface area contributed by atoms with Gasteiger partial charge in [-0.2, -0.15) is 0 Å². The third kappa shape index (κ3) is 5.74. The second kappa shape index (κ2) is 7.65. The molecular formula is C11H24N2O2. The molecule has 0 saturated carbocycles. The molecule has 0 heterocycles. The lowest BCUT2D eigenvalue weighted by Gasteiger charge is -2.23. The van der Waals surface area contributed by atoms with Crippen molar-refractivity contribution in [3.8, 4) is 0 Å². The van der Waals surface area contributed by atoms with Gasteiger partial charge in [-0.3, -0.25) is 4.79 Å². The summed E-state index contributed by atoms with van der Waals surface area (Å²) in [5, 5.41) is 8.60. The summed E-state index contributed by atoms with van der Waals surface area (Å²) in [6, 6.07) is -0.396. The van der Waals surface area contributed by atoms with Crippen LogP contribution in [0.1, 0.15) is 33.1 Å². The summed E-state index contributed by atoms with van der Waals surface area (Å²) in [5.74, 6) is 0.186.